The van der Waals surface area contributed by atoms with E-state index < -0.39 is 11.4 Å². The van der Waals surface area contributed by atoms with Gasteiger partial charge in [0, 0.05) is 13.1 Å². The lowest BCUT2D eigenvalue weighted by molar-refractivity contribution is -0.153. The van der Waals surface area contributed by atoms with Gasteiger partial charge in [0.1, 0.15) is 5.41 Å². The lowest BCUT2D eigenvalue weighted by Crippen LogP contribution is -2.40. The summed E-state index contributed by atoms with van der Waals surface area (Å²) in [5, 5.41) is 9.22. The second-order valence-electron chi connectivity index (χ2n) is 5.49. The van der Waals surface area contributed by atoms with E-state index in [0.29, 0.717) is 25.9 Å². The average Bonchev–Trinajstić information content (AvgIpc) is 3.21. The molecule has 1 aromatic carbocycles. The molecule has 1 aromatic rings. The summed E-state index contributed by atoms with van der Waals surface area (Å²) in [6.07, 6.45) is 2.83. The third kappa shape index (κ3) is 2.01. The summed E-state index contributed by atoms with van der Waals surface area (Å²) in [7, 11) is 0. The van der Waals surface area contributed by atoms with Crippen LogP contribution >= 0.6 is 0 Å². The van der Waals surface area contributed by atoms with Crippen LogP contribution in [-0.4, -0.2) is 28.4 Å². The molecule has 1 saturated carbocycles. The number of carboxylic acids is 1. The van der Waals surface area contributed by atoms with Gasteiger partial charge >= 0.3 is 5.97 Å². The van der Waals surface area contributed by atoms with Crippen LogP contribution in [0.15, 0.2) is 24.3 Å². The zero-order chi connectivity index (χ0) is 13.5. The minimum Gasteiger partial charge on any atom is -0.480 e. The number of aliphatic carboxylic acids is 1. The maximum atomic E-state index is 12.4. The zero-order valence-electron chi connectivity index (χ0n) is 10.8. The fraction of sp³-hybridized carbons (Fsp3) is 0.467. The van der Waals surface area contributed by atoms with E-state index in [4.69, 9.17) is 0 Å². The third-order valence-corrected chi connectivity index (χ3v) is 4.21. The van der Waals surface area contributed by atoms with E-state index in [1.54, 1.807) is 4.90 Å². The van der Waals surface area contributed by atoms with Gasteiger partial charge < -0.3 is 10.0 Å². The molecule has 1 fully saturated rings. The van der Waals surface area contributed by atoms with E-state index in [0.717, 1.165) is 18.4 Å². The molecule has 4 heteroatoms. The maximum absolute atomic E-state index is 12.4. The normalized spacial score (nSPS) is 20.3. The molecular formula is C15H17NO3. The predicted molar refractivity (Wildman–Crippen MR) is 69.5 cm³/mol. The maximum Gasteiger partial charge on any atom is 0.319 e. The Morgan fingerprint density at radius 2 is 1.84 bits per heavy atom. The summed E-state index contributed by atoms with van der Waals surface area (Å²) >= 11 is 0. The van der Waals surface area contributed by atoms with Gasteiger partial charge in [-0.2, -0.15) is 0 Å². The Labute approximate surface area is 112 Å². The van der Waals surface area contributed by atoms with Gasteiger partial charge in [0.25, 0.3) is 0 Å². The molecule has 0 saturated heterocycles. The number of hydrogen-bond acceptors (Lipinski definition) is 2. The van der Waals surface area contributed by atoms with Crippen LogP contribution in [0.25, 0.3) is 0 Å². The van der Waals surface area contributed by atoms with Crippen molar-refractivity contribution in [3.05, 3.63) is 35.4 Å². The molecule has 0 atom stereocenters. The molecular weight excluding hydrogens is 242 g/mol. The lowest BCUT2D eigenvalue weighted by Gasteiger charge is -2.24. The van der Waals surface area contributed by atoms with Crippen molar-refractivity contribution in [2.75, 3.05) is 6.54 Å². The Bertz CT molecular complexity index is 534. The molecule has 0 radical (unpaired) electrons. The molecule has 0 unspecified atom stereocenters. The number of carbonyl (C=O) groups is 2. The minimum absolute atomic E-state index is 0.197. The molecule has 1 aliphatic heterocycles. The van der Waals surface area contributed by atoms with Crippen molar-refractivity contribution >= 4 is 11.9 Å². The lowest BCUT2D eigenvalue weighted by atomic mass is 10.0. The first kappa shape index (κ1) is 12.2. The molecule has 0 bridgehead atoms. The van der Waals surface area contributed by atoms with Gasteiger partial charge in [-0.25, -0.2) is 0 Å². The van der Waals surface area contributed by atoms with Crippen LogP contribution < -0.4 is 0 Å². The van der Waals surface area contributed by atoms with Gasteiger partial charge in [-0.15, -0.1) is 0 Å². The molecule has 1 heterocycles. The molecule has 1 amide bonds. The Hall–Kier alpha value is -1.84. The Kier molecular flexibility index (Phi) is 2.81. The van der Waals surface area contributed by atoms with Crippen molar-refractivity contribution in [1.29, 1.82) is 0 Å². The van der Waals surface area contributed by atoms with E-state index in [2.05, 4.69) is 6.07 Å². The summed E-state index contributed by atoms with van der Waals surface area (Å²) in [6.45, 7) is 1.20. The molecule has 0 aromatic heterocycles. The summed E-state index contributed by atoms with van der Waals surface area (Å²) in [4.78, 5) is 25.4. The van der Waals surface area contributed by atoms with Gasteiger partial charge in [0.05, 0.1) is 0 Å². The zero-order valence-corrected chi connectivity index (χ0v) is 10.8. The quantitative estimate of drug-likeness (QED) is 0.824. The Balaban J connectivity index is 1.83. The van der Waals surface area contributed by atoms with Gasteiger partial charge in [0.2, 0.25) is 5.91 Å². The highest BCUT2D eigenvalue weighted by Gasteiger charge is 2.58. The second kappa shape index (κ2) is 4.37. The second-order valence-corrected chi connectivity index (χ2v) is 5.49. The van der Waals surface area contributed by atoms with Crippen LogP contribution in [0.2, 0.25) is 0 Å². The Morgan fingerprint density at radius 1 is 1.16 bits per heavy atom. The summed E-state index contributed by atoms with van der Waals surface area (Å²) < 4.78 is 0. The number of amides is 1. The first-order chi connectivity index (χ1) is 9.13. The van der Waals surface area contributed by atoms with E-state index >= 15 is 0 Å². The van der Waals surface area contributed by atoms with Gasteiger partial charge in [-0.1, -0.05) is 24.3 Å². The number of rotatable bonds is 2. The molecule has 2 aliphatic rings. The monoisotopic (exact) mass is 259 g/mol. The van der Waals surface area contributed by atoms with Gasteiger partial charge in [0.15, 0.2) is 0 Å². The fourth-order valence-corrected chi connectivity index (χ4v) is 2.82. The molecule has 100 valence electrons. The number of nitrogens with zero attached hydrogens (tertiary/aromatic N) is 1. The van der Waals surface area contributed by atoms with Crippen LogP contribution in [0.3, 0.4) is 0 Å². The average molecular weight is 259 g/mol. The standard InChI is InChI=1S/C15H17NO3/c17-13(15(7-8-15)14(18)19)16-9-3-6-11-4-1-2-5-12(11)10-16/h1-2,4-5H,3,6-10H2,(H,18,19). The highest BCUT2D eigenvalue weighted by Crippen LogP contribution is 2.47. The first-order valence-corrected chi connectivity index (χ1v) is 6.73. The van der Waals surface area contributed by atoms with Crippen molar-refractivity contribution in [1.82, 2.24) is 4.90 Å². The van der Waals surface area contributed by atoms with E-state index in [1.807, 2.05) is 18.2 Å². The molecule has 1 aliphatic carbocycles. The van der Waals surface area contributed by atoms with Crippen LogP contribution in [-0.2, 0) is 22.6 Å². The van der Waals surface area contributed by atoms with Crippen LogP contribution in [0.5, 0.6) is 0 Å². The highest BCUT2D eigenvalue weighted by atomic mass is 16.4. The SMILES string of the molecule is O=C(O)C1(C(=O)N2CCCc3ccccc3C2)CC1. The van der Waals surface area contributed by atoms with E-state index in [1.165, 1.54) is 5.56 Å². The molecule has 1 N–H and O–H groups in total. The number of aryl methyl sites for hydroxylation is 1. The molecule has 19 heavy (non-hydrogen) atoms. The van der Waals surface area contributed by atoms with Crippen LogP contribution in [0.4, 0.5) is 0 Å². The van der Waals surface area contributed by atoms with Crippen molar-refractivity contribution in [2.24, 2.45) is 5.41 Å². The first-order valence-electron chi connectivity index (χ1n) is 6.73. The van der Waals surface area contributed by atoms with Gasteiger partial charge in [-0.05, 0) is 36.8 Å². The van der Waals surface area contributed by atoms with Crippen LogP contribution in [0.1, 0.15) is 30.4 Å². The topological polar surface area (TPSA) is 57.6 Å². The Morgan fingerprint density at radius 3 is 2.47 bits per heavy atom. The van der Waals surface area contributed by atoms with Crippen molar-refractivity contribution < 1.29 is 14.7 Å². The fourth-order valence-electron chi connectivity index (χ4n) is 2.82. The number of carboxylic acid groups (broad SMARTS) is 1. The van der Waals surface area contributed by atoms with Crippen molar-refractivity contribution in [3.8, 4) is 0 Å². The van der Waals surface area contributed by atoms with Crippen molar-refractivity contribution in [2.45, 2.75) is 32.2 Å². The number of carbonyl (C=O) groups excluding carboxylic acids is 1. The van der Waals surface area contributed by atoms with E-state index in [9.17, 15) is 14.7 Å². The number of hydrogen-bond donors (Lipinski definition) is 1. The highest BCUT2D eigenvalue weighted by molar-refractivity contribution is 6.04. The number of fused-ring (bicyclic) bond motifs is 1. The number of benzene rings is 1. The van der Waals surface area contributed by atoms with Crippen molar-refractivity contribution in [3.63, 3.8) is 0 Å². The summed E-state index contributed by atoms with van der Waals surface area (Å²) in [5.74, 6) is -1.16. The molecule has 0 spiro atoms. The third-order valence-electron chi connectivity index (χ3n) is 4.21. The van der Waals surface area contributed by atoms with Gasteiger partial charge in [-0.3, -0.25) is 9.59 Å². The predicted octanol–water partition coefficient (Wildman–Crippen LogP) is 1.83. The summed E-state index contributed by atoms with van der Waals surface area (Å²) in [6, 6.07) is 8.10. The minimum atomic E-state index is -1.11. The largest absolute Gasteiger partial charge is 0.480 e. The smallest absolute Gasteiger partial charge is 0.319 e. The molecule has 3 rings (SSSR count). The van der Waals surface area contributed by atoms with Crippen LogP contribution in [0, 0.1) is 5.41 Å². The summed E-state index contributed by atoms with van der Waals surface area (Å²) in [5.41, 5.74) is 1.31. The molecule has 4 nitrogen and oxygen atoms in total. The van der Waals surface area contributed by atoms with E-state index in [-0.39, 0.29) is 5.91 Å².